The third-order valence-corrected chi connectivity index (χ3v) is 7.71. The van der Waals surface area contributed by atoms with Crippen LogP contribution in [-0.4, -0.2) is 83.5 Å². The third-order valence-electron chi connectivity index (χ3n) is 7.11. The van der Waals surface area contributed by atoms with Crippen molar-refractivity contribution >= 4 is 50.3 Å². The van der Waals surface area contributed by atoms with Crippen LogP contribution in [0.3, 0.4) is 0 Å². The van der Waals surface area contributed by atoms with Crippen molar-refractivity contribution in [2.45, 2.75) is 30.3 Å². The number of aromatic nitrogens is 9. The lowest BCUT2D eigenvalue weighted by molar-refractivity contribution is -0.109. The maximum absolute atomic E-state index is 11.9. The number of aliphatic hydroxyl groups is 3. The van der Waals surface area contributed by atoms with E-state index in [0.717, 1.165) is 4.52 Å². The number of nitrogen functional groups attached to an aromatic ring is 3. The summed E-state index contributed by atoms with van der Waals surface area (Å²) in [6, 6.07) is 11.4. The van der Waals surface area contributed by atoms with Gasteiger partial charge in [0.2, 0.25) is 23.4 Å². The molecule has 0 spiro atoms. The summed E-state index contributed by atoms with van der Waals surface area (Å²) in [6.45, 7) is 0.618. The van der Waals surface area contributed by atoms with Gasteiger partial charge in [0.1, 0.15) is 45.0 Å². The summed E-state index contributed by atoms with van der Waals surface area (Å²) in [7, 11) is 0. The van der Waals surface area contributed by atoms with Crippen molar-refractivity contribution in [2.24, 2.45) is 0 Å². The van der Waals surface area contributed by atoms with E-state index in [1.165, 1.54) is 28.1 Å². The summed E-state index contributed by atoms with van der Waals surface area (Å²) in [5.41, 5.74) is 12.1. The zero-order chi connectivity index (χ0) is 33.6. The van der Waals surface area contributed by atoms with Crippen LogP contribution >= 0.6 is 15.9 Å². The lowest BCUT2D eigenvalue weighted by Crippen LogP contribution is -2.52. The number of halogens is 1. The van der Waals surface area contributed by atoms with E-state index < -0.39 is 35.6 Å². The van der Waals surface area contributed by atoms with E-state index in [0.29, 0.717) is 15.6 Å². The van der Waals surface area contributed by atoms with Gasteiger partial charge in [-0.25, -0.2) is 13.5 Å². The van der Waals surface area contributed by atoms with Gasteiger partial charge >= 0.3 is 0 Å². The molecule has 0 aliphatic carbocycles. The first kappa shape index (κ1) is 31.9. The summed E-state index contributed by atoms with van der Waals surface area (Å²) in [5.74, 6) is 0.0352. The van der Waals surface area contributed by atoms with Crippen molar-refractivity contribution in [3.63, 3.8) is 0 Å². The lowest BCUT2D eigenvalue weighted by atomic mass is 9.80. The van der Waals surface area contributed by atoms with Crippen LogP contribution in [0.15, 0.2) is 61.6 Å². The van der Waals surface area contributed by atoms with Crippen molar-refractivity contribution in [1.29, 1.82) is 5.26 Å². The van der Waals surface area contributed by atoms with E-state index in [1.807, 2.05) is 6.07 Å². The minimum absolute atomic E-state index is 0.0211. The molecular weight excluding hydrogens is 674 g/mol. The molecule has 0 aromatic carbocycles. The molecule has 21 heteroatoms. The van der Waals surface area contributed by atoms with Crippen LogP contribution in [0.1, 0.15) is 12.6 Å². The van der Waals surface area contributed by atoms with Gasteiger partial charge in [-0.15, -0.1) is 15.3 Å². The Kier molecular flexibility index (Phi) is 8.15. The Hall–Kier alpha value is -5.53. The first-order chi connectivity index (χ1) is 21.7. The standard InChI is InChI=1S/C13H15N5O5.C6H5BrN4O.C6H6N4O/c1-12(22)9(20)7(4-19)23-13(12,5-14)8-3-2-6-10(21)16-11(15)17-18(6)8;7-4-2-1-3-5(12)9-6(8)10-11(3)4;7-6-8-5(11)4-2-1-3-10(4)9-6/h2-3,7,9,19-20,22H,4H2,1H3,(H3,15,16,17,21);1-2H,(H3,8,9,10,12);1-3H,(H3,7,8,9,11)/t7-,9-,12-,13+;;/m1../s1. The molecule has 20 nitrogen and oxygen atoms in total. The highest BCUT2D eigenvalue weighted by molar-refractivity contribution is 9.10. The number of fused-ring (bicyclic) bond motifs is 3. The van der Waals surface area contributed by atoms with Crippen molar-refractivity contribution in [3.05, 3.63) is 84.0 Å². The Balaban J connectivity index is 0.000000151. The molecule has 7 heterocycles. The molecule has 4 atom stereocenters. The van der Waals surface area contributed by atoms with Gasteiger partial charge in [-0.1, -0.05) is 0 Å². The maximum Gasteiger partial charge on any atom is 0.276 e. The van der Waals surface area contributed by atoms with Crippen LogP contribution in [-0.2, 0) is 10.3 Å². The van der Waals surface area contributed by atoms with Gasteiger partial charge in [-0.3, -0.25) is 29.3 Å². The molecule has 0 saturated carbocycles. The summed E-state index contributed by atoms with van der Waals surface area (Å²) in [4.78, 5) is 41.3. The average molecular weight is 700 g/mol. The summed E-state index contributed by atoms with van der Waals surface area (Å²) in [5, 5.41) is 51.4. The molecule has 0 radical (unpaired) electrons. The number of aliphatic hydroxyl groups excluding tert-OH is 2. The number of anilines is 3. The van der Waals surface area contributed by atoms with E-state index >= 15 is 0 Å². The van der Waals surface area contributed by atoms with Crippen molar-refractivity contribution < 1.29 is 20.1 Å². The molecule has 46 heavy (non-hydrogen) atoms. The minimum Gasteiger partial charge on any atom is -0.394 e. The molecule has 6 aromatic rings. The Labute approximate surface area is 263 Å². The second-order valence-corrected chi connectivity index (χ2v) is 10.9. The minimum atomic E-state index is -2.05. The van der Waals surface area contributed by atoms with Crippen molar-refractivity contribution in [2.75, 3.05) is 23.8 Å². The largest absolute Gasteiger partial charge is 0.394 e. The van der Waals surface area contributed by atoms with Gasteiger partial charge in [-0.05, 0) is 59.3 Å². The van der Waals surface area contributed by atoms with E-state index in [4.69, 9.17) is 21.9 Å². The number of aromatic amines is 3. The van der Waals surface area contributed by atoms with Gasteiger partial charge in [0.25, 0.3) is 16.7 Å². The fraction of sp³-hybridized carbons (Fsp3) is 0.240. The van der Waals surface area contributed by atoms with Crippen LogP contribution in [0.2, 0.25) is 0 Å². The van der Waals surface area contributed by atoms with Crippen molar-refractivity contribution in [3.8, 4) is 6.07 Å². The number of rotatable bonds is 2. The van der Waals surface area contributed by atoms with Crippen LogP contribution in [0, 0.1) is 11.3 Å². The maximum atomic E-state index is 11.9. The zero-order valence-electron chi connectivity index (χ0n) is 23.6. The molecule has 0 amide bonds. The number of nitrogens with zero attached hydrogens (tertiary/aromatic N) is 7. The zero-order valence-corrected chi connectivity index (χ0v) is 25.2. The van der Waals surface area contributed by atoms with Crippen LogP contribution in [0.4, 0.5) is 17.8 Å². The summed E-state index contributed by atoms with van der Waals surface area (Å²) >= 11 is 3.23. The molecule has 7 rings (SSSR count). The number of ether oxygens (including phenoxy) is 1. The Morgan fingerprint density at radius 1 is 0.935 bits per heavy atom. The molecular formula is C25H26BrN13O7. The highest BCUT2D eigenvalue weighted by Crippen LogP contribution is 2.46. The van der Waals surface area contributed by atoms with Crippen LogP contribution in [0.5, 0.6) is 0 Å². The Bertz CT molecular complexity index is 2290. The van der Waals surface area contributed by atoms with E-state index in [2.05, 4.69) is 46.2 Å². The normalized spacial score (nSPS) is 22.3. The summed E-state index contributed by atoms with van der Waals surface area (Å²) in [6.07, 6.45) is -1.02. The SMILES string of the molecule is C[C@@]1(O)[C@H](O)[C@@H](CO)O[C@@]1(C#N)c1ccc2c(=O)[nH]c(N)nn12.Nc1nn2c(Br)ccc2c(=O)[nH]1.Nc1nn2cccc2c(=O)[nH]1. The van der Waals surface area contributed by atoms with Gasteiger partial charge in [0.15, 0.2) is 0 Å². The van der Waals surface area contributed by atoms with E-state index in [1.54, 1.807) is 30.5 Å². The summed E-state index contributed by atoms with van der Waals surface area (Å²) < 4.78 is 10.1. The van der Waals surface area contributed by atoms with E-state index in [-0.39, 0.29) is 40.2 Å². The molecule has 1 aliphatic rings. The van der Waals surface area contributed by atoms with Gasteiger partial charge in [0.05, 0.1) is 12.3 Å². The van der Waals surface area contributed by atoms with Gasteiger partial charge in [0, 0.05) is 6.20 Å². The number of hydrogen-bond acceptors (Lipinski definition) is 14. The molecule has 1 aliphatic heterocycles. The third kappa shape index (κ3) is 5.25. The molecule has 240 valence electrons. The smallest absolute Gasteiger partial charge is 0.276 e. The number of nitriles is 1. The topological polar surface area (TPSA) is 322 Å². The highest BCUT2D eigenvalue weighted by Gasteiger charge is 2.65. The van der Waals surface area contributed by atoms with Gasteiger partial charge < -0.3 is 37.3 Å². The highest BCUT2D eigenvalue weighted by atomic mass is 79.9. The molecule has 0 bridgehead atoms. The van der Waals surface area contributed by atoms with Crippen LogP contribution in [0.25, 0.3) is 16.6 Å². The molecule has 1 saturated heterocycles. The van der Waals surface area contributed by atoms with Crippen LogP contribution < -0.4 is 33.9 Å². The number of nitrogens with one attached hydrogen (secondary N) is 3. The fourth-order valence-corrected chi connectivity index (χ4v) is 5.28. The second kappa shape index (κ2) is 11.8. The first-order valence-corrected chi connectivity index (χ1v) is 13.9. The molecule has 0 unspecified atom stereocenters. The Morgan fingerprint density at radius 2 is 1.48 bits per heavy atom. The average Bonchev–Trinajstić information content (AvgIpc) is 3.76. The monoisotopic (exact) mass is 699 g/mol. The van der Waals surface area contributed by atoms with Crippen molar-refractivity contribution in [1.82, 2.24) is 43.8 Å². The predicted molar refractivity (Wildman–Crippen MR) is 164 cm³/mol. The first-order valence-electron chi connectivity index (χ1n) is 13.1. The molecule has 1 fully saturated rings. The second-order valence-electron chi connectivity index (χ2n) is 10.0. The number of nitrogens with two attached hydrogens (primary N) is 3. The Morgan fingerprint density at radius 3 is 2.07 bits per heavy atom. The molecule has 6 aromatic heterocycles. The number of hydrogen-bond donors (Lipinski definition) is 9. The van der Waals surface area contributed by atoms with E-state index in [9.17, 15) is 35.0 Å². The predicted octanol–water partition coefficient (Wildman–Crippen LogP) is -2.20. The fourth-order valence-electron chi connectivity index (χ4n) is 4.87. The quantitative estimate of drug-likeness (QED) is 0.0926. The lowest BCUT2D eigenvalue weighted by Gasteiger charge is -2.33. The van der Waals surface area contributed by atoms with Gasteiger partial charge in [-0.2, -0.15) is 5.26 Å². The molecule has 12 N–H and O–H groups in total. The number of H-pyrrole nitrogens is 3.